The second kappa shape index (κ2) is 3.71. The summed E-state index contributed by atoms with van der Waals surface area (Å²) < 4.78 is 32.4. The van der Waals surface area contributed by atoms with E-state index in [1.54, 1.807) is 0 Å². The van der Waals surface area contributed by atoms with Crippen LogP contribution in [0.4, 0.5) is 4.39 Å². The zero-order chi connectivity index (χ0) is 6.57. The van der Waals surface area contributed by atoms with Gasteiger partial charge in [0, 0.05) is 11.3 Å². The van der Waals surface area contributed by atoms with Crippen molar-refractivity contribution in [3.63, 3.8) is 0 Å². The first-order chi connectivity index (χ1) is 3.66. The third-order valence-corrected chi connectivity index (χ3v) is 0.833. The Balaban J connectivity index is 3.38. The first-order valence-electron chi connectivity index (χ1n) is 1.79. The first-order valence-corrected chi connectivity index (χ1v) is 2.86. The highest BCUT2D eigenvalue weighted by atomic mass is 32.2. The maximum absolute atomic E-state index is 11.8. The van der Waals surface area contributed by atoms with Gasteiger partial charge >= 0.3 is 0 Å². The molecule has 3 nitrogen and oxygen atoms in total. The second-order valence-corrected chi connectivity index (χ2v) is 1.70. The summed E-state index contributed by atoms with van der Waals surface area (Å²) in [4.78, 5) is 0. The summed E-state index contributed by atoms with van der Waals surface area (Å²) in [5, 5.41) is 0. The van der Waals surface area contributed by atoms with Crippen LogP contribution in [0.3, 0.4) is 0 Å². The lowest BCUT2D eigenvalue weighted by molar-refractivity contribution is 0.373. The van der Waals surface area contributed by atoms with E-state index in [4.69, 9.17) is 0 Å². The van der Waals surface area contributed by atoms with E-state index < -0.39 is 17.6 Å². The topological polar surface area (TPSA) is 52.2 Å². The van der Waals surface area contributed by atoms with Crippen LogP contribution < -0.4 is 4.72 Å². The Hall–Kier alpha value is -0.260. The molecule has 0 fully saturated rings. The molecule has 0 heterocycles. The van der Waals surface area contributed by atoms with E-state index in [-0.39, 0.29) is 0 Å². The molecule has 0 saturated carbocycles. The third kappa shape index (κ3) is 3.91. The zero-order valence-corrected chi connectivity index (χ0v) is 4.78. The summed E-state index contributed by atoms with van der Waals surface area (Å²) >= 11 is -2.54. The lowest BCUT2D eigenvalue weighted by atomic mass is 10.6. The number of hydrogen-bond acceptors (Lipinski definition) is 2. The van der Waals surface area contributed by atoms with Gasteiger partial charge in [0.25, 0.3) is 0 Å². The molecule has 0 aromatic carbocycles. The van der Waals surface area contributed by atoms with Gasteiger partial charge in [-0.15, -0.1) is 0 Å². The van der Waals surface area contributed by atoms with Crippen molar-refractivity contribution in [2.24, 2.45) is 0 Å². The van der Waals surface area contributed by atoms with Gasteiger partial charge in [0.2, 0.25) is 0 Å². The number of halogens is 1. The maximum Gasteiger partial charge on any atom is 0.179 e. The molecule has 48 valence electrons. The van der Waals surface area contributed by atoms with Crippen LogP contribution in [0.2, 0.25) is 0 Å². The Kier molecular flexibility index (Phi) is 3.59. The van der Waals surface area contributed by atoms with Crippen LogP contribution in [0.25, 0.3) is 0 Å². The molecular formula is C3H5FNO2S-. The molecule has 0 aliphatic heterocycles. The van der Waals surface area contributed by atoms with E-state index in [1.807, 2.05) is 0 Å². The molecular weight excluding hydrogens is 133 g/mol. The van der Waals surface area contributed by atoms with E-state index in [1.165, 1.54) is 4.72 Å². The summed E-state index contributed by atoms with van der Waals surface area (Å²) in [5.74, 6) is 0. The Morgan fingerprint density at radius 1 is 2.00 bits per heavy atom. The Morgan fingerprint density at radius 3 is 2.62 bits per heavy atom. The van der Waals surface area contributed by atoms with Crippen LogP contribution in [0, 0.1) is 0 Å². The smallest absolute Gasteiger partial charge is 0.179 e. The molecule has 0 saturated heterocycles. The van der Waals surface area contributed by atoms with Gasteiger partial charge in [0.1, 0.15) is 0 Å². The molecule has 2 unspecified atom stereocenters. The largest absolute Gasteiger partial charge is 0.760 e. The van der Waals surface area contributed by atoms with Crippen LogP contribution in [0.1, 0.15) is 0 Å². The molecule has 0 bridgehead atoms. The van der Waals surface area contributed by atoms with E-state index in [2.05, 4.69) is 6.58 Å². The highest BCUT2D eigenvalue weighted by molar-refractivity contribution is 7.77. The van der Waals surface area contributed by atoms with Crippen molar-refractivity contribution in [1.29, 1.82) is 0 Å². The minimum absolute atomic E-state index is 0.843. The monoisotopic (exact) mass is 138 g/mol. The van der Waals surface area contributed by atoms with Crippen LogP contribution >= 0.6 is 0 Å². The van der Waals surface area contributed by atoms with Crippen LogP contribution in [-0.2, 0) is 11.3 Å². The molecule has 2 atom stereocenters. The molecule has 0 spiro atoms. The predicted molar refractivity (Wildman–Crippen MR) is 27.1 cm³/mol. The molecule has 0 aromatic heterocycles. The highest BCUT2D eigenvalue weighted by Gasteiger charge is 1.94. The molecule has 0 rings (SSSR count). The van der Waals surface area contributed by atoms with Crippen molar-refractivity contribution in [1.82, 2.24) is 4.72 Å². The molecule has 0 amide bonds. The van der Waals surface area contributed by atoms with E-state index in [9.17, 15) is 13.2 Å². The van der Waals surface area contributed by atoms with Crippen molar-refractivity contribution in [2.75, 3.05) is 0 Å². The van der Waals surface area contributed by atoms with Crippen molar-refractivity contribution in [2.45, 2.75) is 6.30 Å². The lowest BCUT2D eigenvalue weighted by Gasteiger charge is -2.06. The van der Waals surface area contributed by atoms with Crippen molar-refractivity contribution in [3.8, 4) is 0 Å². The second-order valence-electron chi connectivity index (χ2n) is 0.990. The minimum Gasteiger partial charge on any atom is -0.760 e. The Labute approximate surface area is 49.0 Å². The van der Waals surface area contributed by atoms with Gasteiger partial charge in [-0.05, 0) is 6.08 Å². The third-order valence-electron chi connectivity index (χ3n) is 0.416. The minimum atomic E-state index is -2.54. The number of rotatable bonds is 3. The van der Waals surface area contributed by atoms with Gasteiger partial charge < -0.3 is 4.55 Å². The Bertz CT molecular complexity index is 107. The molecule has 0 aliphatic rings. The molecule has 0 aromatic rings. The fourth-order valence-corrected chi connectivity index (χ4v) is 0.420. The van der Waals surface area contributed by atoms with Crippen LogP contribution in [0.5, 0.6) is 0 Å². The van der Waals surface area contributed by atoms with Gasteiger partial charge in [0.05, 0.1) is 0 Å². The summed E-state index contributed by atoms with van der Waals surface area (Å²) in [6.07, 6.45) is -0.830. The number of alkyl halides is 1. The standard InChI is InChI=1S/C3H6FNO2S/c1-2-3(4)5-8(6)7/h2-3,5H,1H2,(H,6,7)/p-1. The number of hydrogen-bond donors (Lipinski definition) is 1. The van der Waals surface area contributed by atoms with E-state index >= 15 is 0 Å². The average Bonchev–Trinajstić information content (AvgIpc) is 1.65. The molecule has 8 heavy (non-hydrogen) atoms. The normalized spacial score (nSPS) is 17.2. The Morgan fingerprint density at radius 2 is 2.50 bits per heavy atom. The molecule has 5 heteroatoms. The predicted octanol–water partition coefficient (Wildman–Crippen LogP) is -0.148. The molecule has 0 radical (unpaired) electrons. The lowest BCUT2D eigenvalue weighted by Crippen LogP contribution is -2.24. The molecule has 1 N–H and O–H groups in total. The average molecular weight is 138 g/mol. The zero-order valence-electron chi connectivity index (χ0n) is 3.96. The number of nitrogens with one attached hydrogen (secondary N) is 1. The van der Waals surface area contributed by atoms with Crippen molar-refractivity contribution < 1.29 is 13.2 Å². The van der Waals surface area contributed by atoms with Gasteiger partial charge in [-0.2, -0.15) is 0 Å². The van der Waals surface area contributed by atoms with Crippen LogP contribution in [0.15, 0.2) is 12.7 Å². The summed E-state index contributed by atoms with van der Waals surface area (Å²) in [6.45, 7) is 3.00. The summed E-state index contributed by atoms with van der Waals surface area (Å²) in [7, 11) is 0. The summed E-state index contributed by atoms with van der Waals surface area (Å²) in [6, 6.07) is 0. The van der Waals surface area contributed by atoms with E-state index in [0.717, 1.165) is 6.08 Å². The highest BCUT2D eigenvalue weighted by Crippen LogP contribution is 1.83. The SMILES string of the molecule is C=CC(F)NS(=O)[O-]. The quantitative estimate of drug-likeness (QED) is 0.335. The maximum atomic E-state index is 11.8. The van der Waals surface area contributed by atoms with Gasteiger partial charge in [0.15, 0.2) is 6.30 Å². The summed E-state index contributed by atoms with van der Waals surface area (Å²) in [5.41, 5.74) is 0. The van der Waals surface area contributed by atoms with Crippen molar-refractivity contribution >= 4 is 11.3 Å². The van der Waals surface area contributed by atoms with Gasteiger partial charge in [-0.1, -0.05) is 6.58 Å². The fourth-order valence-electron chi connectivity index (χ4n) is 0.140. The van der Waals surface area contributed by atoms with Gasteiger partial charge in [-0.3, -0.25) is 4.21 Å². The van der Waals surface area contributed by atoms with Crippen LogP contribution in [-0.4, -0.2) is 15.1 Å². The van der Waals surface area contributed by atoms with E-state index in [0.29, 0.717) is 0 Å². The first kappa shape index (κ1) is 7.74. The van der Waals surface area contributed by atoms with Crippen molar-refractivity contribution in [3.05, 3.63) is 12.7 Å². The fraction of sp³-hybridized carbons (Fsp3) is 0.333. The van der Waals surface area contributed by atoms with Gasteiger partial charge in [-0.25, -0.2) is 9.11 Å². The molecule has 0 aliphatic carbocycles.